The van der Waals surface area contributed by atoms with Crippen LogP contribution in [-0.2, 0) is 10.5 Å². The van der Waals surface area contributed by atoms with Gasteiger partial charge >= 0.3 is 0 Å². The predicted octanol–water partition coefficient (Wildman–Crippen LogP) is 4.00. The number of hydrogen-bond acceptors (Lipinski definition) is 2. The maximum atomic E-state index is 6.13. The van der Waals surface area contributed by atoms with Crippen molar-refractivity contribution in [2.75, 3.05) is 0 Å². The minimum atomic E-state index is -0.834. The van der Waals surface area contributed by atoms with Crippen LogP contribution in [0.25, 0.3) is 11.1 Å². The van der Waals surface area contributed by atoms with E-state index in [2.05, 4.69) is 18.2 Å². The van der Waals surface area contributed by atoms with Crippen molar-refractivity contribution in [1.82, 2.24) is 0 Å². The van der Waals surface area contributed by atoms with Gasteiger partial charge in [0, 0.05) is 17.2 Å². The highest BCUT2D eigenvalue weighted by atomic mass is 16.7. The smallest absolute Gasteiger partial charge is 0.298 e. The summed E-state index contributed by atoms with van der Waals surface area (Å²) in [5.74, 6) is 0.0147. The Morgan fingerprint density at radius 1 is 0.789 bits per heavy atom. The molecule has 0 saturated carbocycles. The van der Waals surface area contributed by atoms with E-state index in [1.807, 2.05) is 48.6 Å². The zero-order valence-corrected chi connectivity index (χ0v) is 10.2. The number of ether oxygens (including phenoxy) is 2. The molecule has 1 spiro atoms. The Hall–Kier alpha value is -2.48. The van der Waals surface area contributed by atoms with Crippen LogP contribution in [0.3, 0.4) is 0 Å². The van der Waals surface area contributed by atoms with E-state index in [4.69, 9.17) is 9.47 Å². The molecule has 0 radical (unpaired) electrons. The van der Waals surface area contributed by atoms with Crippen molar-refractivity contribution < 1.29 is 9.47 Å². The lowest BCUT2D eigenvalue weighted by molar-refractivity contribution is -0.114. The molecule has 2 aromatic rings. The Morgan fingerprint density at radius 3 is 2.42 bits per heavy atom. The molecule has 2 heteroatoms. The fraction of sp³-hybridized carbons (Fsp3) is 0.0588. The first-order chi connectivity index (χ1) is 9.39. The highest BCUT2D eigenvalue weighted by Crippen LogP contribution is 2.46. The van der Waals surface area contributed by atoms with Crippen molar-refractivity contribution in [1.29, 1.82) is 0 Å². The fourth-order valence-corrected chi connectivity index (χ4v) is 2.64. The first-order valence-electron chi connectivity index (χ1n) is 6.29. The molecule has 2 nitrogen and oxygen atoms in total. The molecule has 0 bridgehead atoms. The Bertz CT molecular complexity index is 700. The highest BCUT2D eigenvalue weighted by Gasteiger charge is 2.40. The van der Waals surface area contributed by atoms with Crippen molar-refractivity contribution in [2.24, 2.45) is 0 Å². The van der Waals surface area contributed by atoms with Gasteiger partial charge in [-0.15, -0.1) is 0 Å². The molecule has 0 amide bonds. The summed E-state index contributed by atoms with van der Waals surface area (Å²) < 4.78 is 11.9. The standard InChI is InChI=1S/C17H12O2/c1-3-9-15-13(7-1)14-8-2-4-10-16(14)19-17(15)11-5-6-12-18-17/h1-12H. The maximum absolute atomic E-state index is 6.13. The molecule has 1 atom stereocenters. The normalized spacial score (nSPS) is 22.3. The molecule has 2 heterocycles. The second kappa shape index (κ2) is 3.75. The van der Waals surface area contributed by atoms with Crippen LogP contribution in [0.2, 0.25) is 0 Å². The molecule has 2 aromatic carbocycles. The van der Waals surface area contributed by atoms with Gasteiger partial charge in [-0.2, -0.15) is 0 Å². The zero-order valence-electron chi connectivity index (χ0n) is 10.2. The van der Waals surface area contributed by atoms with Gasteiger partial charge in [0.2, 0.25) is 0 Å². The first-order valence-corrected chi connectivity index (χ1v) is 6.29. The van der Waals surface area contributed by atoms with Crippen molar-refractivity contribution in [3.8, 4) is 16.9 Å². The third kappa shape index (κ3) is 1.43. The summed E-state index contributed by atoms with van der Waals surface area (Å²) in [6.45, 7) is 0. The van der Waals surface area contributed by atoms with Crippen LogP contribution >= 0.6 is 0 Å². The summed E-state index contributed by atoms with van der Waals surface area (Å²) in [5, 5.41) is 0. The van der Waals surface area contributed by atoms with E-state index in [0.29, 0.717) is 0 Å². The van der Waals surface area contributed by atoms with Gasteiger partial charge in [-0.3, -0.25) is 0 Å². The molecule has 2 aliphatic rings. The molecular weight excluding hydrogens is 236 g/mol. The van der Waals surface area contributed by atoms with Gasteiger partial charge in [0.15, 0.2) is 0 Å². The average molecular weight is 248 g/mol. The fourth-order valence-electron chi connectivity index (χ4n) is 2.64. The number of benzene rings is 2. The van der Waals surface area contributed by atoms with Gasteiger partial charge in [0.05, 0.1) is 6.26 Å². The third-order valence-corrected chi connectivity index (χ3v) is 3.49. The Morgan fingerprint density at radius 2 is 1.58 bits per heavy atom. The molecule has 0 saturated heterocycles. The van der Waals surface area contributed by atoms with E-state index in [1.165, 1.54) is 0 Å². The second-order valence-corrected chi connectivity index (χ2v) is 4.62. The predicted molar refractivity (Wildman–Crippen MR) is 73.5 cm³/mol. The number of rotatable bonds is 0. The summed E-state index contributed by atoms with van der Waals surface area (Å²) in [6.07, 6.45) is 7.43. The zero-order chi connectivity index (χ0) is 12.7. The summed E-state index contributed by atoms with van der Waals surface area (Å²) >= 11 is 0. The molecule has 0 fully saturated rings. The SMILES string of the molecule is C1=COC2(C=C1)Oc1ccccc1-c1ccccc12. The third-order valence-electron chi connectivity index (χ3n) is 3.49. The van der Waals surface area contributed by atoms with Crippen molar-refractivity contribution in [3.63, 3.8) is 0 Å². The van der Waals surface area contributed by atoms with Crippen LogP contribution in [0.1, 0.15) is 5.56 Å². The monoisotopic (exact) mass is 248 g/mol. The van der Waals surface area contributed by atoms with Gasteiger partial charge in [-0.1, -0.05) is 48.5 Å². The molecule has 2 aliphatic heterocycles. The summed E-state index contributed by atoms with van der Waals surface area (Å²) in [5.41, 5.74) is 3.30. The van der Waals surface area contributed by atoms with E-state index >= 15 is 0 Å². The van der Waals surface area contributed by atoms with E-state index in [-0.39, 0.29) is 0 Å². The van der Waals surface area contributed by atoms with Gasteiger partial charge in [-0.25, -0.2) is 0 Å². The van der Waals surface area contributed by atoms with Crippen molar-refractivity contribution in [3.05, 3.63) is 78.6 Å². The largest absolute Gasteiger partial charge is 0.453 e. The molecule has 0 aromatic heterocycles. The van der Waals surface area contributed by atoms with Crippen LogP contribution in [0.4, 0.5) is 0 Å². The van der Waals surface area contributed by atoms with Crippen LogP contribution in [0.15, 0.2) is 73.0 Å². The van der Waals surface area contributed by atoms with Crippen LogP contribution in [0, 0.1) is 0 Å². The summed E-state index contributed by atoms with van der Waals surface area (Å²) in [4.78, 5) is 0. The summed E-state index contributed by atoms with van der Waals surface area (Å²) in [7, 11) is 0. The average Bonchev–Trinajstić information content (AvgIpc) is 2.49. The lowest BCUT2D eigenvalue weighted by Gasteiger charge is -2.37. The van der Waals surface area contributed by atoms with Gasteiger partial charge in [0.25, 0.3) is 5.79 Å². The van der Waals surface area contributed by atoms with Crippen LogP contribution in [-0.4, -0.2) is 0 Å². The Balaban J connectivity index is 2.01. The molecule has 19 heavy (non-hydrogen) atoms. The highest BCUT2D eigenvalue weighted by molar-refractivity contribution is 5.76. The maximum Gasteiger partial charge on any atom is 0.298 e. The number of allylic oxidation sites excluding steroid dienone is 2. The second-order valence-electron chi connectivity index (χ2n) is 4.62. The minimum absolute atomic E-state index is 0.834. The number of hydrogen-bond donors (Lipinski definition) is 0. The van der Waals surface area contributed by atoms with Gasteiger partial charge < -0.3 is 9.47 Å². The summed E-state index contributed by atoms with van der Waals surface area (Å²) in [6, 6.07) is 16.2. The molecule has 1 unspecified atom stereocenters. The topological polar surface area (TPSA) is 18.5 Å². The van der Waals surface area contributed by atoms with Crippen LogP contribution in [0.5, 0.6) is 5.75 Å². The van der Waals surface area contributed by atoms with Crippen LogP contribution < -0.4 is 4.74 Å². The van der Waals surface area contributed by atoms with E-state index in [0.717, 1.165) is 22.4 Å². The van der Waals surface area contributed by atoms with Gasteiger partial charge in [-0.05, 0) is 17.7 Å². The lowest BCUT2D eigenvalue weighted by atomic mass is 9.90. The Kier molecular flexibility index (Phi) is 2.06. The van der Waals surface area contributed by atoms with Crippen molar-refractivity contribution >= 4 is 0 Å². The van der Waals surface area contributed by atoms with Gasteiger partial charge in [0.1, 0.15) is 5.75 Å². The number of fused-ring (bicyclic) bond motifs is 4. The lowest BCUT2D eigenvalue weighted by Crippen LogP contribution is -2.36. The quantitative estimate of drug-likeness (QED) is 0.701. The molecular formula is C17H12O2. The molecule has 92 valence electrons. The van der Waals surface area contributed by atoms with E-state index < -0.39 is 5.79 Å². The first kappa shape index (κ1) is 10.4. The number of para-hydroxylation sites is 1. The Labute approximate surface area is 111 Å². The molecule has 4 rings (SSSR count). The van der Waals surface area contributed by atoms with Crippen molar-refractivity contribution in [2.45, 2.75) is 5.79 Å². The van der Waals surface area contributed by atoms with E-state index in [1.54, 1.807) is 6.26 Å². The molecule has 0 aliphatic carbocycles. The minimum Gasteiger partial charge on any atom is -0.453 e. The molecule has 0 N–H and O–H groups in total. The van der Waals surface area contributed by atoms with E-state index in [9.17, 15) is 0 Å².